The van der Waals surface area contributed by atoms with Crippen LogP contribution in [0.5, 0.6) is 0 Å². The molecule has 156 valence electrons. The van der Waals surface area contributed by atoms with Crippen LogP contribution in [0.2, 0.25) is 0 Å². The van der Waals surface area contributed by atoms with E-state index in [1.54, 1.807) is 0 Å². The lowest BCUT2D eigenvalue weighted by Crippen LogP contribution is -2.09. The highest BCUT2D eigenvalue weighted by molar-refractivity contribution is 6.12. The van der Waals surface area contributed by atoms with Crippen LogP contribution in [-0.4, -0.2) is 11.6 Å². The second-order valence-corrected chi connectivity index (χ2v) is 7.40. The molecule has 0 fully saturated rings. The van der Waals surface area contributed by atoms with Gasteiger partial charge in [-0.25, -0.2) is 0 Å². The van der Waals surface area contributed by atoms with Crippen molar-refractivity contribution in [2.75, 3.05) is 0 Å². The second kappa shape index (κ2) is 13.3. The molecule has 0 saturated heterocycles. The summed E-state index contributed by atoms with van der Waals surface area (Å²) in [5, 5.41) is 0. The lowest BCUT2D eigenvalue weighted by molar-refractivity contribution is 0.0992. The number of ketones is 2. The Bertz CT molecular complexity index is 898. The van der Waals surface area contributed by atoms with Gasteiger partial charge >= 0.3 is 0 Å². The molecule has 0 aromatic heterocycles. The van der Waals surface area contributed by atoms with E-state index in [0.29, 0.717) is 16.7 Å². The fraction of sp³-hybridized carbons (Fsp3) is 0.321. The number of rotatable bonds is 12. The number of benzene rings is 2. The molecule has 0 spiro atoms. The molecule has 0 aliphatic carbocycles. The predicted octanol–water partition coefficient (Wildman–Crippen LogP) is 7.53. The largest absolute Gasteiger partial charge is 0.294 e. The molecule has 2 aromatic rings. The number of unbranched alkanes of at least 4 members (excludes halogenated alkanes) is 4. The minimum atomic E-state index is -0.0769. The molecular weight excluding hydrogens is 368 g/mol. The summed E-state index contributed by atoms with van der Waals surface area (Å²) >= 11 is 0. The van der Waals surface area contributed by atoms with Crippen molar-refractivity contribution in [2.45, 2.75) is 58.8 Å². The highest BCUT2D eigenvalue weighted by atomic mass is 16.1. The highest BCUT2D eigenvalue weighted by Crippen LogP contribution is 2.22. The molecule has 0 unspecified atom stereocenters. The van der Waals surface area contributed by atoms with Crippen molar-refractivity contribution >= 4 is 11.6 Å². The Balaban J connectivity index is 2.43. The minimum Gasteiger partial charge on any atom is -0.294 e. The van der Waals surface area contributed by atoms with Crippen molar-refractivity contribution in [3.05, 3.63) is 101 Å². The van der Waals surface area contributed by atoms with Gasteiger partial charge in [0.15, 0.2) is 5.78 Å². The second-order valence-electron chi connectivity index (χ2n) is 7.40. The van der Waals surface area contributed by atoms with E-state index in [2.05, 4.69) is 25.7 Å². The van der Waals surface area contributed by atoms with E-state index in [9.17, 15) is 9.59 Å². The molecule has 2 nitrogen and oxygen atoms in total. The van der Waals surface area contributed by atoms with Gasteiger partial charge in [0, 0.05) is 17.5 Å². The van der Waals surface area contributed by atoms with Crippen molar-refractivity contribution < 1.29 is 9.59 Å². The standard InChI is InChI=1S/C28H32O2/c1-3-5-7-15-21-26(28(30)24-18-13-9-14-19-24)25(20-10-6-4-2)22-27(29)23-16-11-8-12-17-23/h8-9,11-20H,3-7,10,22H2,1-2H3/b25-20-. The average Bonchev–Trinajstić information content (AvgIpc) is 2.79. The van der Waals surface area contributed by atoms with Gasteiger partial charge in [-0.2, -0.15) is 0 Å². The maximum atomic E-state index is 13.3. The number of hydrogen-bond acceptors (Lipinski definition) is 2. The highest BCUT2D eigenvalue weighted by Gasteiger charge is 2.19. The Hall–Kier alpha value is -2.96. The Morgan fingerprint density at radius 2 is 1.37 bits per heavy atom. The zero-order valence-corrected chi connectivity index (χ0v) is 18.2. The van der Waals surface area contributed by atoms with Gasteiger partial charge in [-0.1, -0.05) is 99.8 Å². The van der Waals surface area contributed by atoms with Crippen LogP contribution in [0.1, 0.15) is 79.5 Å². The van der Waals surface area contributed by atoms with Gasteiger partial charge in [0.05, 0.1) is 5.57 Å². The molecule has 0 radical (unpaired) electrons. The normalized spacial score (nSPS) is 10.9. The van der Waals surface area contributed by atoms with E-state index >= 15 is 0 Å². The molecule has 2 rings (SSSR count). The third kappa shape index (κ3) is 7.46. The van der Waals surface area contributed by atoms with Crippen LogP contribution in [0.3, 0.4) is 0 Å². The Morgan fingerprint density at radius 3 is 1.97 bits per heavy atom. The smallest absolute Gasteiger partial charge is 0.201 e. The van der Waals surface area contributed by atoms with E-state index in [0.717, 1.165) is 44.1 Å². The summed E-state index contributed by atoms with van der Waals surface area (Å²) in [5.41, 5.74) is 5.84. The zero-order chi connectivity index (χ0) is 21.6. The van der Waals surface area contributed by atoms with E-state index in [1.807, 2.05) is 66.7 Å². The maximum absolute atomic E-state index is 13.3. The first-order chi connectivity index (χ1) is 14.7. The van der Waals surface area contributed by atoms with Crippen molar-refractivity contribution in [3.63, 3.8) is 0 Å². The fourth-order valence-corrected chi connectivity index (χ4v) is 3.16. The van der Waals surface area contributed by atoms with Gasteiger partial charge in [-0.3, -0.25) is 9.59 Å². The fourth-order valence-electron chi connectivity index (χ4n) is 3.16. The van der Waals surface area contributed by atoms with Gasteiger partial charge in [-0.05, 0) is 30.9 Å². The molecule has 0 bridgehead atoms. The summed E-state index contributed by atoms with van der Waals surface area (Å²) in [6, 6.07) is 18.5. The van der Waals surface area contributed by atoms with Gasteiger partial charge < -0.3 is 0 Å². The number of Topliss-reactive ketones (excluding diaryl/α,β-unsaturated/α-hetero) is 2. The number of carbonyl (C=O) groups excluding carboxylic acids is 2. The van der Waals surface area contributed by atoms with E-state index < -0.39 is 0 Å². The number of hydrogen-bond donors (Lipinski definition) is 0. The van der Waals surface area contributed by atoms with Crippen molar-refractivity contribution in [1.82, 2.24) is 0 Å². The predicted molar refractivity (Wildman–Crippen MR) is 125 cm³/mol. The third-order valence-corrected chi connectivity index (χ3v) is 4.93. The number of allylic oxidation sites excluding steroid dienone is 3. The molecule has 0 heterocycles. The van der Waals surface area contributed by atoms with E-state index in [4.69, 9.17) is 0 Å². The van der Waals surface area contributed by atoms with Crippen LogP contribution in [0.15, 0.2) is 89.7 Å². The summed E-state index contributed by atoms with van der Waals surface area (Å²) < 4.78 is 0. The van der Waals surface area contributed by atoms with Crippen LogP contribution in [0.4, 0.5) is 0 Å². The maximum Gasteiger partial charge on any atom is 0.201 e. The molecule has 0 atom stereocenters. The van der Waals surface area contributed by atoms with Gasteiger partial charge in [0.1, 0.15) is 0 Å². The summed E-state index contributed by atoms with van der Waals surface area (Å²) in [5.74, 6) is -0.0565. The summed E-state index contributed by atoms with van der Waals surface area (Å²) in [6.07, 6.45) is 10.2. The average molecular weight is 401 g/mol. The Kier molecular flexibility index (Phi) is 10.3. The first kappa shape index (κ1) is 23.3. The van der Waals surface area contributed by atoms with E-state index in [1.165, 1.54) is 0 Å². The summed E-state index contributed by atoms with van der Waals surface area (Å²) in [6.45, 7) is 4.28. The minimum absolute atomic E-state index is 0.0204. The topological polar surface area (TPSA) is 34.1 Å². The molecule has 0 aliphatic heterocycles. The zero-order valence-electron chi connectivity index (χ0n) is 18.2. The van der Waals surface area contributed by atoms with Crippen LogP contribution >= 0.6 is 0 Å². The molecular formula is C28H32O2. The first-order valence-corrected chi connectivity index (χ1v) is 11.0. The van der Waals surface area contributed by atoms with Crippen LogP contribution in [-0.2, 0) is 0 Å². The first-order valence-electron chi connectivity index (χ1n) is 11.0. The quantitative estimate of drug-likeness (QED) is 0.121. The molecule has 0 amide bonds. The Morgan fingerprint density at radius 1 is 0.800 bits per heavy atom. The van der Waals surface area contributed by atoms with Gasteiger partial charge in [0.2, 0.25) is 5.78 Å². The van der Waals surface area contributed by atoms with Crippen molar-refractivity contribution in [2.24, 2.45) is 0 Å². The lowest BCUT2D eigenvalue weighted by atomic mass is 9.91. The molecule has 2 aromatic carbocycles. The number of carbonyl (C=O) groups is 2. The third-order valence-electron chi connectivity index (χ3n) is 4.93. The Labute approximate surface area is 181 Å². The molecule has 0 aliphatic rings. The van der Waals surface area contributed by atoms with Crippen molar-refractivity contribution in [3.8, 4) is 0 Å². The van der Waals surface area contributed by atoms with Crippen LogP contribution in [0, 0.1) is 0 Å². The van der Waals surface area contributed by atoms with Gasteiger partial charge in [-0.15, -0.1) is 5.73 Å². The van der Waals surface area contributed by atoms with Crippen molar-refractivity contribution in [1.29, 1.82) is 0 Å². The summed E-state index contributed by atoms with van der Waals surface area (Å²) in [7, 11) is 0. The molecule has 0 saturated carbocycles. The van der Waals surface area contributed by atoms with Crippen LogP contribution < -0.4 is 0 Å². The van der Waals surface area contributed by atoms with Crippen LogP contribution in [0.25, 0.3) is 0 Å². The SMILES string of the molecule is CCCCC=C=C(C(=O)c1ccccc1)/C(=C\CCCC)CC(=O)c1ccccc1. The monoisotopic (exact) mass is 400 g/mol. The summed E-state index contributed by atoms with van der Waals surface area (Å²) in [4.78, 5) is 26.3. The van der Waals surface area contributed by atoms with Gasteiger partial charge in [0.25, 0.3) is 0 Å². The lowest BCUT2D eigenvalue weighted by Gasteiger charge is -2.10. The molecule has 30 heavy (non-hydrogen) atoms. The molecule has 2 heteroatoms. The van der Waals surface area contributed by atoms with E-state index in [-0.39, 0.29) is 18.0 Å². The molecule has 0 N–H and O–H groups in total.